The van der Waals surface area contributed by atoms with E-state index in [4.69, 9.17) is 32.7 Å². The molecule has 0 spiro atoms. The minimum Gasteiger partial charge on any atom is -0.459 e. The Labute approximate surface area is 191 Å². The van der Waals surface area contributed by atoms with Crippen LogP contribution < -0.4 is 4.74 Å². The molecule has 8 heteroatoms. The molecule has 1 aromatic heterocycles. The molecule has 1 amide bonds. The van der Waals surface area contributed by atoms with Crippen LogP contribution in [0.5, 0.6) is 6.01 Å². The van der Waals surface area contributed by atoms with Gasteiger partial charge in [0.15, 0.2) is 0 Å². The third-order valence-corrected chi connectivity index (χ3v) is 5.75. The number of likely N-dealkylation sites (tertiary alicyclic amines) is 1. The van der Waals surface area contributed by atoms with Crippen molar-refractivity contribution in [2.24, 2.45) is 0 Å². The molecule has 6 nitrogen and oxygen atoms in total. The quantitative estimate of drug-likeness (QED) is 0.493. The molecule has 0 N–H and O–H groups in total. The average Bonchev–Trinajstić information content (AvgIpc) is 3.29. The molecule has 0 aliphatic carbocycles. The van der Waals surface area contributed by atoms with Gasteiger partial charge in [-0.3, -0.25) is 4.57 Å². The predicted octanol–water partition coefficient (Wildman–Crippen LogP) is 5.78. The van der Waals surface area contributed by atoms with Gasteiger partial charge < -0.3 is 14.4 Å². The van der Waals surface area contributed by atoms with Crippen molar-refractivity contribution in [1.29, 1.82) is 0 Å². The molecule has 3 aromatic rings. The molecule has 2 aromatic carbocycles. The number of rotatable bonds is 4. The maximum Gasteiger partial charge on any atom is 0.410 e. The fraction of sp³-hybridized carbons (Fsp3) is 0.391. The number of halogens is 2. The van der Waals surface area contributed by atoms with Gasteiger partial charge in [0.05, 0.1) is 34.2 Å². The summed E-state index contributed by atoms with van der Waals surface area (Å²) in [6.07, 6.45) is 0.245. The Balaban J connectivity index is 1.55. The maximum atomic E-state index is 12.4. The Morgan fingerprint density at radius 2 is 1.94 bits per heavy atom. The third kappa shape index (κ3) is 5.08. The molecule has 0 unspecified atom stereocenters. The fourth-order valence-corrected chi connectivity index (χ4v) is 3.90. The van der Waals surface area contributed by atoms with E-state index in [2.05, 4.69) is 4.98 Å². The van der Waals surface area contributed by atoms with Gasteiger partial charge in [-0.1, -0.05) is 41.4 Å². The zero-order valence-electron chi connectivity index (χ0n) is 17.8. The summed E-state index contributed by atoms with van der Waals surface area (Å²) in [4.78, 5) is 18.7. The lowest BCUT2D eigenvalue weighted by atomic mass is 10.2. The average molecular weight is 462 g/mol. The lowest BCUT2D eigenvalue weighted by Gasteiger charge is -2.24. The molecule has 1 saturated heterocycles. The van der Waals surface area contributed by atoms with Crippen molar-refractivity contribution in [3.63, 3.8) is 0 Å². The number of aromatic nitrogens is 2. The van der Waals surface area contributed by atoms with Crippen LogP contribution in [0.25, 0.3) is 11.0 Å². The van der Waals surface area contributed by atoms with Crippen LogP contribution in [-0.2, 0) is 11.3 Å². The number of amides is 1. The van der Waals surface area contributed by atoms with E-state index in [0.717, 1.165) is 23.0 Å². The summed E-state index contributed by atoms with van der Waals surface area (Å²) < 4.78 is 13.8. The van der Waals surface area contributed by atoms with Gasteiger partial charge >= 0.3 is 6.09 Å². The zero-order chi connectivity index (χ0) is 22.2. The number of benzene rings is 2. The highest BCUT2D eigenvalue weighted by Crippen LogP contribution is 2.28. The minimum atomic E-state index is -0.524. The first-order chi connectivity index (χ1) is 14.7. The molecular weight excluding hydrogens is 437 g/mol. The summed E-state index contributed by atoms with van der Waals surface area (Å²) in [5.41, 5.74) is 2.28. The van der Waals surface area contributed by atoms with Crippen molar-refractivity contribution in [3.05, 3.63) is 58.1 Å². The number of imidazole rings is 1. The summed E-state index contributed by atoms with van der Waals surface area (Å²) >= 11 is 12.3. The van der Waals surface area contributed by atoms with Crippen molar-refractivity contribution < 1.29 is 14.3 Å². The second-order valence-corrected chi connectivity index (χ2v) is 9.49. The van der Waals surface area contributed by atoms with Crippen LogP contribution in [0.1, 0.15) is 32.8 Å². The highest BCUT2D eigenvalue weighted by Gasteiger charge is 2.32. The van der Waals surface area contributed by atoms with E-state index >= 15 is 0 Å². The number of ether oxygens (including phenoxy) is 2. The van der Waals surface area contributed by atoms with Crippen LogP contribution in [0.2, 0.25) is 10.0 Å². The Morgan fingerprint density at radius 3 is 2.68 bits per heavy atom. The summed E-state index contributed by atoms with van der Waals surface area (Å²) in [6.45, 7) is 7.17. The summed E-state index contributed by atoms with van der Waals surface area (Å²) in [6, 6.07) is 14.0. The predicted molar refractivity (Wildman–Crippen MR) is 122 cm³/mol. The smallest absolute Gasteiger partial charge is 0.410 e. The lowest BCUT2D eigenvalue weighted by Crippen LogP contribution is -2.36. The van der Waals surface area contributed by atoms with Crippen LogP contribution in [0.4, 0.5) is 4.79 Å². The van der Waals surface area contributed by atoms with Gasteiger partial charge in [-0.05, 0) is 50.6 Å². The van der Waals surface area contributed by atoms with E-state index < -0.39 is 5.60 Å². The van der Waals surface area contributed by atoms with Gasteiger partial charge in [0.25, 0.3) is 6.01 Å². The number of carbonyl (C=O) groups excluding carboxylic acids is 1. The number of hydrogen-bond donors (Lipinski definition) is 0. The number of nitrogens with zero attached hydrogens (tertiary/aromatic N) is 3. The number of para-hydroxylation sites is 2. The molecule has 0 bridgehead atoms. The lowest BCUT2D eigenvalue weighted by molar-refractivity contribution is 0.0273. The molecule has 1 aliphatic heterocycles. The van der Waals surface area contributed by atoms with Crippen molar-refractivity contribution in [1.82, 2.24) is 14.5 Å². The maximum absolute atomic E-state index is 12.4. The standard InChI is InChI=1S/C23H25Cl2N3O3/c1-23(2,3)31-22(29)27-11-10-16(14-27)30-21-26-19-6-4-5-7-20(19)28(21)13-15-8-9-17(24)18(25)12-15/h4-9,12,16H,10-11,13-14H2,1-3H3/t16-/m1/s1. The number of carbonyl (C=O) groups is 1. The second-order valence-electron chi connectivity index (χ2n) is 8.67. The number of fused-ring (bicyclic) bond motifs is 1. The van der Waals surface area contributed by atoms with E-state index in [-0.39, 0.29) is 12.2 Å². The molecule has 164 valence electrons. The van der Waals surface area contributed by atoms with Crippen LogP contribution in [0.3, 0.4) is 0 Å². The van der Waals surface area contributed by atoms with E-state index in [1.165, 1.54) is 0 Å². The molecule has 0 radical (unpaired) electrons. The SMILES string of the molecule is CC(C)(C)OC(=O)N1CC[C@@H](Oc2nc3ccccc3n2Cc2ccc(Cl)c(Cl)c2)C1. The van der Waals surface area contributed by atoms with E-state index in [9.17, 15) is 4.79 Å². The zero-order valence-corrected chi connectivity index (χ0v) is 19.3. The molecule has 2 heterocycles. The third-order valence-electron chi connectivity index (χ3n) is 5.01. The van der Waals surface area contributed by atoms with Crippen molar-refractivity contribution >= 4 is 40.3 Å². The van der Waals surface area contributed by atoms with Crippen LogP contribution >= 0.6 is 23.2 Å². The monoisotopic (exact) mass is 461 g/mol. The fourth-order valence-electron chi connectivity index (χ4n) is 3.58. The minimum absolute atomic E-state index is 0.156. The first-order valence-electron chi connectivity index (χ1n) is 10.2. The Bertz CT molecular complexity index is 1110. The molecule has 1 fully saturated rings. The molecular formula is C23H25Cl2N3O3. The van der Waals surface area contributed by atoms with Crippen molar-refractivity contribution in [2.45, 2.75) is 45.4 Å². The Morgan fingerprint density at radius 1 is 1.16 bits per heavy atom. The van der Waals surface area contributed by atoms with Gasteiger partial charge in [-0.2, -0.15) is 4.98 Å². The first kappa shape index (κ1) is 21.8. The summed E-state index contributed by atoms with van der Waals surface area (Å²) in [5.74, 6) is 0. The Hall–Kier alpha value is -2.44. The molecule has 0 saturated carbocycles. The summed E-state index contributed by atoms with van der Waals surface area (Å²) in [7, 11) is 0. The van der Waals surface area contributed by atoms with Crippen molar-refractivity contribution in [3.8, 4) is 6.01 Å². The molecule has 1 atom stereocenters. The first-order valence-corrected chi connectivity index (χ1v) is 11.0. The highest BCUT2D eigenvalue weighted by molar-refractivity contribution is 6.42. The van der Waals surface area contributed by atoms with E-state index in [0.29, 0.717) is 35.7 Å². The van der Waals surface area contributed by atoms with Gasteiger partial charge in [0.2, 0.25) is 0 Å². The van der Waals surface area contributed by atoms with Crippen LogP contribution in [-0.4, -0.2) is 45.3 Å². The summed E-state index contributed by atoms with van der Waals surface area (Å²) in [5, 5.41) is 1.03. The van der Waals surface area contributed by atoms with Crippen LogP contribution in [0.15, 0.2) is 42.5 Å². The molecule has 31 heavy (non-hydrogen) atoms. The topological polar surface area (TPSA) is 56.6 Å². The molecule has 4 rings (SSSR count). The second kappa shape index (κ2) is 8.60. The van der Waals surface area contributed by atoms with Crippen LogP contribution in [0, 0.1) is 0 Å². The van der Waals surface area contributed by atoms with Gasteiger partial charge in [0.1, 0.15) is 11.7 Å². The van der Waals surface area contributed by atoms with Gasteiger partial charge in [-0.15, -0.1) is 0 Å². The normalized spacial score (nSPS) is 16.7. The van der Waals surface area contributed by atoms with E-state index in [1.807, 2.05) is 61.7 Å². The Kier molecular flexibility index (Phi) is 6.04. The molecule has 1 aliphatic rings. The highest BCUT2D eigenvalue weighted by atomic mass is 35.5. The van der Waals surface area contributed by atoms with E-state index in [1.54, 1.807) is 11.0 Å². The van der Waals surface area contributed by atoms with Crippen molar-refractivity contribution in [2.75, 3.05) is 13.1 Å². The van der Waals surface area contributed by atoms with Gasteiger partial charge in [0, 0.05) is 13.0 Å². The largest absolute Gasteiger partial charge is 0.459 e. The number of hydrogen-bond acceptors (Lipinski definition) is 4. The van der Waals surface area contributed by atoms with Gasteiger partial charge in [-0.25, -0.2) is 4.79 Å².